The molecule has 9 nitrogen and oxygen atoms in total. The van der Waals surface area contributed by atoms with E-state index in [0.29, 0.717) is 30.5 Å². The molecule has 0 atom stereocenters. The van der Waals surface area contributed by atoms with Gasteiger partial charge in [-0.1, -0.05) is 35.2 Å². The number of allylic oxidation sites excluding steroid dienone is 1. The summed E-state index contributed by atoms with van der Waals surface area (Å²) in [4.78, 5) is 12.4. The summed E-state index contributed by atoms with van der Waals surface area (Å²) >= 11 is 1.32. The maximum atomic E-state index is 12.4. The van der Waals surface area contributed by atoms with Gasteiger partial charge in [-0.15, -0.1) is 21.9 Å². The zero-order valence-electron chi connectivity index (χ0n) is 17.6. The van der Waals surface area contributed by atoms with Crippen molar-refractivity contribution in [3.05, 3.63) is 67.0 Å². The Morgan fingerprint density at radius 3 is 2.75 bits per heavy atom. The van der Waals surface area contributed by atoms with E-state index >= 15 is 0 Å². The molecule has 0 radical (unpaired) electrons. The normalized spacial score (nSPS) is 10.9. The van der Waals surface area contributed by atoms with E-state index < -0.39 is 0 Å². The molecule has 0 aliphatic carbocycles. The molecule has 32 heavy (non-hydrogen) atoms. The Bertz CT molecular complexity index is 1220. The molecule has 10 heteroatoms. The van der Waals surface area contributed by atoms with E-state index in [4.69, 9.17) is 4.74 Å². The van der Waals surface area contributed by atoms with Gasteiger partial charge in [0.25, 0.3) is 0 Å². The van der Waals surface area contributed by atoms with Gasteiger partial charge >= 0.3 is 0 Å². The van der Waals surface area contributed by atoms with Crippen LogP contribution in [-0.4, -0.2) is 48.0 Å². The van der Waals surface area contributed by atoms with Crippen molar-refractivity contribution in [2.24, 2.45) is 0 Å². The molecule has 164 valence electrons. The Kier molecular flexibility index (Phi) is 6.81. The van der Waals surface area contributed by atoms with Crippen molar-refractivity contribution in [1.29, 1.82) is 0 Å². The van der Waals surface area contributed by atoms with Crippen LogP contribution in [0.4, 0.5) is 5.69 Å². The number of hydrogen-bond acceptors (Lipinski definition) is 7. The van der Waals surface area contributed by atoms with Crippen molar-refractivity contribution in [3.8, 4) is 5.75 Å². The van der Waals surface area contributed by atoms with E-state index in [0.717, 1.165) is 22.6 Å². The van der Waals surface area contributed by atoms with Gasteiger partial charge in [0.2, 0.25) is 5.91 Å². The van der Waals surface area contributed by atoms with E-state index in [2.05, 4.69) is 32.4 Å². The molecule has 2 aromatic heterocycles. The molecule has 0 saturated carbocycles. The quantitative estimate of drug-likeness (QED) is 0.293. The summed E-state index contributed by atoms with van der Waals surface area (Å²) < 4.78 is 9.13. The van der Waals surface area contributed by atoms with Gasteiger partial charge in [-0.25, -0.2) is 4.68 Å². The lowest BCUT2D eigenvalue weighted by molar-refractivity contribution is -0.113. The topological polar surface area (TPSA) is 99.8 Å². The van der Waals surface area contributed by atoms with Crippen molar-refractivity contribution >= 4 is 34.4 Å². The minimum Gasteiger partial charge on any atom is -0.494 e. The molecule has 0 bridgehead atoms. The van der Waals surface area contributed by atoms with Crippen LogP contribution in [0.3, 0.4) is 0 Å². The summed E-state index contributed by atoms with van der Waals surface area (Å²) in [5.74, 6) is 1.56. The van der Waals surface area contributed by atoms with Crippen LogP contribution in [0.15, 0.2) is 66.3 Å². The number of amides is 1. The van der Waals surface area contributed by atoms with E-state index in [9.17, 15) is 4.79 Å². The maximum Gasteiger partial charge on any atom is 0.234 e. The molecule has 0 aliphatic rings. The predicted octanol–water partition coefficient (Wildman–Crippen LogP) is 3.39. The fourth-order valence-electron chi connectivity index (χ4n) is 3.15. The van der Waals surface area contributed by atoms with Crippen LogP contribution < -0.4 is 10.1 Å². The Labute approximate surface area is 189 Å². The summed E-state index contributed by atoms with van der Waals surface area (Å²) in [5, 5.41) is 20.5. The third kappa shape index (κ3) is 4.97. The van der Waals surface area contributed by atoms with Gasteiger partial charge in [0, 0.05) is 12.2 Å². The van der Waals surface area contributed by atoms with E-state index in [1.54, 1.807) is 10.8 Å². The van der Waals surface area contributed by atoms with Crippen LogP contribution in [0.1, 0.15) is 12.7 Å². The van der Waals surface area contributed by atoms with Crippen LogP contribution in [0.2, 0.25) is 0 Å². The molecule has 0 unspecified atom stereocenters. The largest absolute Gasteiger partial charge is 0.494 e. The zero-order chi connectivity index (χ0) is 22.3. The molecule has 2 aromatic carbocycles. The minimum atomic E-state index is -0.129. The lowest BCUT2D eigenvalue weighted by Gasteiger charge is -2.09. The number of anilines is 1. The van der Waals surface area contributed by atoms with Crippen molar-refractivity contribution in [2.75, 3.05) is 17.7 Å². The zero-order valence-corrected chi connectivity index (χ0v) is 18.5. The molecule has 2 heterocycles. The second-order valence-electron chi connectivity index (χ2n) is 6.83. The molecule has 1 amide bonds. The molecule has 0 spiro atoms. The van der Waals surface area contributed by atoms with Gasteiger partial charge < -0.3 is 14.6 Å². The van der Waals surface area contributed by atoms with Crippen LogP contribution in [0, 0.1) is 0 Å². The standard InChI is InChI=1S/C22H23N7O2S/c1-3-13-28-20(14-29-19-8-6-5-7-18(19)24-27-29)25-26-22(28)32-15-21(30)23-16-9-11-17(12-10-16)31-4-2/h3,5-12H,1,4,13-15H2,2H3,(H,23,30). The van der Waals surface area contributed by atoms with Crippen molar-refractivity contribution < 1.29 is 9.53 Å². The summed E-state index contributed by atoms with van der Waals surface area (Å²) in [6.07, 6.45) is 1.77. The second kappa shape index (κ2) is 10.1. The monoisotopic (exact) mass is 449 g/mol. The summed E-state index contributed by atoms with van der Waals surface area (Å²) in [6.45, 7) is 7.30. The van der Waals surface area contributed by atoms with Crippen LogP contribution in [-0.2, 0) is 17.9 Å². The molecule has 0 saturated heterocycles. The number of carbonyl (C=O) groups excluding carboxylic acids is 1. The number of hydrogen-bond donors (Lipinski definition) is 1. The summed E-state index contributed by atoms with van der Waals surface area (Å²) in [6, 6.07) is 15.0. The molecule has 1 N–H and O–H groups in total. The Balaban J connectivity index is 1.41. The van der Waals surface area contributed by atoms with Crippen LogP contribution in [0.5, 0.6) is 5.75 Å². The number of thioether (sulfide) groups is 1. The number of aromatic nitrogens is 6. The maximum absolute atomic E-state index is 12.4. The lowest BCUT2D eigenvalue weighted by Crippen LogP contribution is -2.15. The third-order valence-electron chi connectivity index (χ3n) is 4.60. The molecular weight excluding hydrogens is 426 g/mol. The molecule has 0 fully saturated rings. The Morgan fingerprint density at radius 2 is 1.97 bits per heavy atom. The van der Waals surface area contributed by atoms with E-state index in [1.807, 2.05) is 60.0 Å². The summed E-state index contributed by atoms with van der Waals surface area (Å²) in [5.41, 5.74) is 2.46. The number of fused-ring (bicyclic) bond motifs is 1. The highest BCUT2D eigenvalue weighted by molar-refractivity contribution is 7.99. The predicted molar refractivity (Wildman–Crippen MR) is 124 cm³/mol. The number of carbonyl (C=O) groups is 1. The number of para-hydroxylation sites is 1. The minimum absolute atomic E-state index is 0.129. The number of nitrogens with zero attached hydrogens (tertiary/aromatic N) is 6. The smallest absolute Gasteiger partial charge is 0.234 e. The highest BCUT2D eigenvalue weighted by Crippen LogP contribution is 2.20. The van der Waals surface area contributed by atoms with Gasteiger partial charge in [-0.3, -0.25) is 4.79 Å². The molecule has 4 rings (SSSR count). The Morgan fingerprint density at radius 1 is 1.16 bits per heavy atom. The van der Waals surface area contributed by atoms with Crippen LogP contribution >= 0.6 is 11.8 Å². The fourth-order valence-corrected chi connectivity index (χ4v) is 3.92. The average molecular weight is 450 g/mol. The van der Waals surface area contributed by atoms with Gasteiger partial charge in [-0.2, -0.15) is 0 Å². The highest BCUT2D eigenvalue weighted by Gasteiger charge is 2.15. The number of rotatable bonds is 10. The first kappa shape index (κ1) is 21.6. The second-order valence-corrected chi connectivity index (χ2v) is 7.77. The first-order chi connectivity index (χ1) is 15.7. The van der Waals surface area contributed by atoms with Crippen molar-refractivity contribution in [1.82, 2.24) is 29.8 Å². The average Bonchev–Trinajstić information content (AvgIpc) is 3.39. The Hall–Kier alpha value is -3.66. The number of nitrogens with one attached hydrogen (secondary N) is 1. The first-order valence-electron chi connectivity index (χ1n) is 10.1. The number of benzene rings is 2. The molecular formula is C22H23N7O2S. The summed E-state index contributed by atoms with van der Waals surface area (Å²) in [7, 11) is 0. The van der Waals surface area contributed by atoms with E-state index in [1.165, 1.54) is 11.8 Å². The van der Waals surface area contributed by atoms with E-state index in [-0.39, 0.29) is 11.7 Å². The highest BCUT2D eigenvalue weighted by atomic mass is 32.2. The number of ether oxygens (including phenoxy) is 1. The lowest BCUT2D eigenvalue weighted by atomic mass is 10.3. The van der Waals surface area contributed by atoms with Gasteiger partial charge in [-0.05, 0) is 43.3 Å². The molecule has 0 aliphatic heterocycles. The van der Waals surface area contributed by atoms with Gasteiger partial charge in [0.05, 0.1) is 17.9 Å². The fraction of sp³-hybridized carbons (Fsp3) is 0.227. The van der Waals surface area contributed by atoms with Crippen molar-refractivity contribution in [3.63, 3.8) is 0 Å². The third-order valence-corrected chi connectivity index (χ3v) is 5.56. The molecule has 4 aromatic rings. The van der Waals surface area contributed by atoms with Gasteiger partial charge in [0.15, 0.2) is 11.0 Å². The van der Waals surface area contributed by atoms with Crippen molar-refractivity contribution in [2.45, 2.75) is 25.2 Å². The van der Waals surface area contributed by atoms with Gasteiger partial charge in [0.1, 0.15) is 17.8 Å². The SMILES string of the molecule is C=CCn1c(Cn2nnc3ccccc32)nnc1SCC(=O)Nc1ccc(OCC)cc1. The van der Waals surface area contributed by atoms with Crippen LogP contribution in [0.25, 0.3) is 11.0 Å². The first-order valence-corrected chi connectivity index (χ1v) is 11.1.